The highest BCUT2D eigenvalue weighted by atomic mass is 32.2. The van der Waals surface area contributed by atoms with E-state index >= 15 is 0 Å². The summed E-state index contributed by atoms with van der Waals surface area (Å²) in [6.45, 7) is 3.57. The molecule has 0 unspecified atom stereocenters. The molecule has 0 saturated carbocycles. The van der Waals surface area contributed by atoms with E-state index in [9.17, 15) is 21.6 Å². The molecular formula is C12H16F3NO2S. The zero-order chi connectivity index (χ0) is 14.7. The second-order valence-corrected chi connectivity index (χ2v) is 6.05. The Labute approximate surface area is 110 Å². The Balaban J connectivity index is 3.02. The summed E-state index contributed by atoms with van der Waals surface area (Å²) in [5, 5.41) is 0. The Morgan fingerprint density at radius 1 is 1.32 bits per heavy atom. The second-order valence-electron chi connectivity index (χ2n) is 4.34. The van der Waals surface area contributed by atoms with Crippen molar-refractivity contribution in [2.75, 3.05) is 0 Å². The largest absolute Gasteiger partial charge is 0.416 e. The van der Waals surface area contributed by atoms with E-state index in [0.29, 0.717) is 12.5 Å². The van der Waals surface area contributed by atoms with Crippen molar-refractivity contribution >= 4 is 10.0 Å². The van der Waals surface area contributed by atoms with Gasteiger partial charge in [-0.25, -0.2) is 13.1 Å². The van der Waals surface area contributed by atoms with Crippen LogP contribution in [0, 0.1) is 0 Å². The van der Waals surface area contributed by atoms with Crippen LogP contribution in [-0.2, 0) is 16.2 Å². The third-order valence-corrected chi connectivity index (χ3v) is 4.14. The fourth-order valence-electron chi connectivity index (χ4n) is 1.66. The highest BCUT2D eigenvalue weighted by Crippen LogP contribution is 2.30. The molecule has 19 heavy (non-hydrogen) atoms. The maximum absolute atomic E-state index is 12.5. The number of rotatable bonds is 5. The average molecular weight is 295 g/mol. The fourth-order valence-corrected chi connectivity index (χ4v) is 2.99. The van der Waals surface area contributed by atoms with E-state index in [2.05, 4.69) is 4.72 Å². The van der Waals surface area contributed by atoms with Crippen LogP contribution in [0.2, 0.25) is 0 Å². The molecule has 0 fully saturated rings. The van der Waals surface area contributed by atoms with Crippen LogP contribution >= 0.6 is 0 Å². The molecule has 0 aliphatic rings. The molecule has 0 aromatic heterocycles. The van der Waals surface area contributed by atoms with Gasteiger partial charge in [0.2, 0.25) is 10.0 Å². The third-order valence-electron chi connectivity index (χ3n) is 2.55. The summed E-state index contributed by atoms with van der Waals surface area (Å²) in [5.74, 6) is 0. The molecule has 1 atom stereocenters. The lowest BCUT2D eigenvalue weighted by Crippen LogP contribution is -2.32. The van der Waals surface area contributed by atoms with Gasteiger partial charge in [0, 0.05) is 6.04 Å². The Morgan fingerprint density at radius 3 is 2.47 bits per heavy atom. The van der Waals surface area contributed by atoms with Gasteiger partial charge in [-0.1, -0.05) is 19.4 Å². The Bertz CT molecular complexity index is 526. The number of sulfonamides is 1. The van der Waals surface area contributed by atoms with Crippen molar-refractivity contribution in [1.29, 1.82) is 0 Å². The molecular weight excluding hydrogens is 279 g/mol. The molecule has 0 heterocycles. The Morgan fingerprint density at radius 2 is 1.95 bits per heavy atom. The molecule has 1 aromatic carbocycles. The number of halogens is 3. The zero-order valence-corrected chi connectivity index (χ0v) is 11.5. The highest BCUT2D eigenvalue weighted by molar-refractivity contribution is 7.89. The molecule has 0 bridgehead atoms. The number of alkyl halides is 3. The standard InChI is InChI=1S/C12H16F3NO2S/c1-3-5-9(2)16-19(17,18)11-7-4-6-10(8-11)12(13,14)15/h4,6-9,16H,3,5H2,1-2H3/t9-/m0/s1. The lowest BCUT2D eigenvalue weighted by atomic mass is 10.2. The van der Waals surface area contributed by atoms with Crippen LogP contribution in [0.4, 0.5) is 13.2 Å². The summed E-state index contributed by atoms with van der Waals surface area (Å²) in [5.41, 5.74) is -0.974. The van der Waals surface area contributed by atoms with Crippen molar-refractivity contribution < 1.29 is 21.6 Å². The smallest absolute Gasteiger partial charge is 0.208 e. The lowest BCUT2D eigenvalue weighted by Gasteiger charge is -2.14. The van der Waals surface area contributed by atoms with Gasteiger partial charge in [0.25, 0.3) is 0 Å². The lowest BCUT2D eigenvalue weighted by molar-refractivity contribution is -0.137. The highest BCUT2D eigenvalue weighted by Gasteiger charge is 2.31. The second kappa shape index (κ2) is 5.92. The van der Waals surface area contributed by atoms with Crippen LogP contribution in [0.15, 0.2) is 29.2 Å². The quantitative estimate of drug-likeness (QED) is 0.907. The molecule has 0 amide bonds. The SMILES string of the molecule is CCC[C@H](C)NS(=O)(=O)c1cccc(C(F)(F)F)c1. The van der Waals surface area contributed by atoms with Crippen molar-refractivity contribution in [2.45, 2.75) is 43.8 Å². The van der Waals surface area contributed by atoms with Crippen LogP contribution in [0.1, 0.15) is 32.3 Å². The van der Waals surface area contributed by atoms with Crippen LogP contribution in [-0.4, -0.2) is 14.5 Å². The van der Waals surface area contributed by atoms with Gasteiger partial charge in [-0.2, -0.15) is 13.2 Å². The van der Waals surface area contributed by atoms with E-state index in [1.165, 1.54) is 0 Å². The third kappa shape index (κ3) is 4.50. The molecule has 1 rings (SSSR count). The van der Waals surface area contributed by atoms with Gasteiger partial charge in [-0.05, 0) is 31.5 Å². The molecule has 1 N–H and O–H groups in total. The molecule has 0 aliphatic heterocycles. The molecule has 1 aromatic rings. The van der Waals surface area contributed by atoms with Gasteiger partial charge in [-0.15, -0.1) is 0 Å². The summed E-state index contributed by atoms with van der Waals surface area (Å²) >= 11 is 0. The number of hydrogen-bond acceptors (Lipinski definition) is 2. The molecule has 0 saturated heterocycles. The van der Waals surface area contributed by atoms with E-state index < -0.39 is 21.8 Å². The maximum atomic E-state index is 12.5. The first-order chi connectivity index (χ1) is 8.66. The number of benzene rings is 1. The summed E-state index contributed by atoms with van der Waals surface area (Å²) in [6.07, 6.45) is -3.15. The minimum atomic E-state index is -4.55. The minimum absolute atomic E-state index is 0.315. The van der Waals surface area contributed by atoms with E-state index in [0.717, 1.165) is 24.6 Å². The van der Waals surface area contributed by atoms with Gasteiger partial charge in [0.15, 0.2) is 0 Å². The van der Waals surface area contributed by atoms with Crippen molar-refractivity contribution in [3.63, 3.8) is 0 Å². The van der Waals surface area contributed by atoms with E-state index in [4.69, 9.17) is 0 Å². The van der Waals surface area contributed by atoms with Crippen LogP contribution in [0.25, 0.3) is 0 Å². The Hall–Kier alpha value is -1.08. The predicted octanol–water partition coefficient (Wildman–Crippen LogP) is 3.17. The van der Waals surface area contributed by atoms with Crippen molar-refractivity contribution in [1.82, 2.24) is 4.72 Å². The normalized spacial score (nSPS) is 14.4. The Kier molecular flexibility index (Phi) is 4.98. The van der Waals surface area contributed by atoms with Gasteiger partial charge in [0.05, 0.1) is 10.5 Å². The zero-order valence-electron chi connectivity index (χ0n) is 10.7. The van der Waals surface area contributed by atoms with Crippen LogP contribution in [0.5, 0.6) is 0 Å². The summed E-state index contributed by atoms with van der Waals surface area (Å²) < 4.78 is 63.8. The first-order valence-corrected chi connectivity index (χ1v) is 7.34. The average Bonchev–Trinajstić information content (AvgIpc) is 2.27. The molecule has 3 nitrogen and oxygen atoms in total. The van der Waals surface area contributed by atoms with Crippen molar-refractivity contribution in [3.8, 4) is 0 Å². The van der Waals surface area contributed by atoms with Crippen LogP contribution in [0.3, 0.4) is 0 Å². The fraction of sp³-hybridized carbons (Fsp3) is 0.500. The first-order valence-electron chi connectivity index (χ1n) is 5.86. The minimum Gasteiger partial charge on any atom is -0.208 e. The topological polar surface area (TPSA) is 46.2 Å². The molecule has 0 aliphatic carbocycles. The maximum Gasteiger partial charge on any atom is 0.416 e. The van der Waals surface area contributed by atoms with Crippen LogP contribution < -0.4 is 4.72 Å². The first kappa shape index (κ1) is 16.0. The van der Waals surface area contributed by atoms with Gasteiger partial charge >= 0.3 is 6.18 Å². The predicted molar refractivity (Wildman–Crippen MR) is 66.1 cm³/mol. The monoisotopic (exact) mass is 295 g/mol. The van der Waals surface area contributed by atoms with Gasteiger partial charge < -0.3 is 0 Å². The number of hydrogen-bond donors (Lipinski definition) is 1. The summed E-state index contributed by atoms with van der Waals surface area (Å²) in [4.78, 5) is -0.370. The molecule has 0 spiro atoms. The summed E-state index contributed by atoms with van der Waals surface area (Å²) in [6, 6.07) is 3.40. The van der Waals surface area contributed by atoms with Crippen molar-refractivity contribution in [3.05, 3.63) is 29.8 Å². The van der Waals surface area contributed by atoms with E-state index in [-0.39, 0.29) is 10.9 Å². The number of nitrogens with one attached hydrogen (secondary N) is 1. The molecule has 7 heteroatoms. The van der Waals surface area contributed by atoms with Crippen molar-refractivity contribution in [2.24, 2.45) is 0 Å². The van der Waals surface area contributed by atoms with E-state index in [1.54, 1.807) is 6.92 Å². The summed E-state index contributed by atoms with van der Waals surface area (Å²) in [7, 11) is -3.91. The molecule has 0 radical (unpaired) electrons. The van der Waals surface area contributed by atoms with E-state index in [1.807, 2.05) is 6.92 Å². The molecule has 108 valence electrons. The van der Waals surface area contributed by atoms with Gasteiger partial charge in [0.1, 0.15) is 0 Å². The van der Waals surface area contributed by atoms with Gasteiger partial charge in [-0.3, -0.25) is 0 Å².